The lowest BCUT2D eigenvalue weighted by Gasteiger charge is -2.20. The summed E-state index contributed by atoms with van der Waals surface area (Å²) in [5.41, 5.74) is -0.461. The maximum atomic E-state index is 14.9. The molecule has 9 nitrogen and oxygen atoms in total. The Morgan fingerprint density at radius 3 is 2.61 bits per heavy atom. The maximum Gasteiger partial charge on any atom is 0.275 e. The van der Waals surface area contributed by atoms with Gasteiger partial charge in [-0.15, -0.1) is 0 Å². The molecule has 1 atom stereocenters. The predicted molar refractivity (Wildman–Crippen MR) is 142 cm³/mol. The van der Waals surface area contributed by atoms with Crippen LogP contribution in [0, 0.1) is 18.6 Å². The number of amides is 2. The third-order valence-corrected chi connectivity index (χ3v) is 7.00. The highest BCUT2D eigenvalue weighted by atomic mass is 35.5. The van der Waals surface area contributed by atoms with Gasteiger partial charge in [0.05, 0.1) is 41.0 Å². The van der Waals surface area contributed by atoms with Crippen molar-refractivity contribution in [1.29, 1.82) is 0 Å². The number of carbonyl (C=O) groups excluding carboxylic acids is 2. The Hall–Kier alpha value is -4.39. The highest BCUT2D eigenvalue weighted by molar-refractivity contribution is 6.31. The van der Waals surface area contributed by atoms with Gasteiger partial charge in [-0.25, -0.2) is 27.5 Å². The number of hydrogen-bond donors (Lipinski definition) is 1. The summed E-state index contributed by atoms with van der Waals surface area (Å²) >= 11 is 5.79. The number of nitrogens with zero attached hydrogens (tertiary/aromatic N) is 6. The summed E-state index contributed by atoms with van der Waals surface area (Å²) in [4.78, 5) is 38.5. The van der Waals surface area contributed by atoms with Crippen molar-refractivity contribution < 1.29 is 27.2 Å². The van der Waals surface area contributed by atoms with Crippen LogP contribution in [0.2, 0.25) is 5.02 Å². The maximum absolute atomic E-state index is 14.9. The second-order valence-corrected chi connectivity index (χ2v) is 9.78. The van der Waals surface area contributed by atoms with Crippen LogP contribution in [0.25, 0.3) is 11.3 Å². The molecule has 1 unspecified atom stereocenters. The Bertz CT molecular complexity index is 1660. The summed E-state index contributed by atoms with van der Waals surface area (Å²) in [6.45, 7) is 3.88. The van der Waals surface area contributed by atoms with E-state index in [4.69, 9.17) is 11.6 Å². The summed E-state index contributed by atoms with van der Waals surface area (Å²) in [5.74, 6) is -2.66. The first-order valence-electron chi connectivity index (χ1n) is 12.5. The number of nitrogens with one attached hydrogen (secondary N) is 1. The highest BCUT2D eigenvalue weighted by Gasteiger charge is 2.27. The van der Waals surface area contributed by atoms with E-state index in [1.165, 1.54) is 28.0 Å². The van der Waals surface area contributed by atoms with Gasteiger partial charge in [-0.3, -0.25) is 24.2 Å². The van der Waals surface area contributed by atoms with Crippen molar-refractivity contribution in [3.05, 3.63) is 82.2 Å². The van der Waals surface area contributed by atoms with E-state index in [9.17, 15) is 27.2 Å². The monoisotopic (exact) mass is 587 g/mol. The smallest absolute Gasteiger partial charge is 0.275 e. The fraction of sp³-hybridized carbons (Fsp3) is 0.259. The molecule has 0 spiro atoms. The number of rotatable bonds is 7. The Morgan fingerprint density at radius 2 is 1.90 bits per heavy atom. The minimum atomic E-state index is -3.02. The van der Waals surface area contributed by atoms with Crippen molar-refractivity contribution in [1.82, 2.24) is 24.7 Å². The van der Waals surface area contributed by atoms with E-state index < -0.39 is 41.1 Å². The molecule has 41 heavy (non-hydrogen) atoms. The molecule has 1 saturated heterocycles. The molecule has 4 aromatic rings. The van der Waals surface area contributed by atoms with Gasteiger partial charge < -0.3 is 5.32 Å². The fourth-order valence-electron chi connectivity index (χ4n) is 4.62. The van der Waals surface area contributed by atoms with Gasteiger partial charge in [-0.1, -0.05) is 17.7 Å². The van der Waals surface area contributed by atoms with Crippen LogP contribution in [-0.2, 0) is 4.79 Å². The van der Waals surface area contributed by atoms with Crippen LogP contribution in [0.3, 0.4) is 0 Å². The highest BCUT2D eigenvalue weighted by Crippen LogP contribution is 2.35. The number of aryl methyl sites for hydroxylation is 1. The SMILES string of the molecule is Cc1nc(N2CCCC2=O)c(F)cc1C(C)n1cc(NC(=O)c2cncc(-c3c(C(F)F)ccc(Cl)c3F)n2)cn1. The molecule has 0 radical (unpaired) electrons. The second kappa shape index (κ2) is 11.2. The molecular formula is C27H22ClF4N7O2. The zero-order valence-corrected chi connectivity index (χ0v) is 22.5. The molecule has 1 fully saturated rings. The zero-order valence-electron chi connectivity index (χ0n) is 21.7. The zero-order chi connectivity index (χ0) is 29.4. The molecule has 0 aliphatic carbocycles. The average Bonchev–Trinajstić information content (AvgIpc) is 3.59. The van der Waals surface area contributed by atoms with Gasteiger partial charge in [0.2, 0.25) is 5.91 Å². The number of carbonyl (C=O) groups is 2. The lowest BCUT2D eigenvalue weighted by atomic mass is 10.0. The summed E-state index contributed by atoms with van der Waals surface area (Å²) < 4.78 is 58.2. The Labute approximate surface area is 236 Å². The van der Waals surface area contributed by atoms with Crippen LogP contribution >= 0.6 is 11.6 Å². The number of pyridine rings is 1. The van der Waals surface area contributed by atoms with Crippen molar-refractivity contribution in [3.8, 4) is 11.3 Å². The lowest BCUT2D eigenvalue weighted by molar-refractivity contribution is -0.117. The summed E-state index contributed by atoms with van der Waals surface area (Å²) in [7, 11) is 0. The summed E-state index contributed by atoms with van der Waals surface area (Å²) in [6, 6.07) is 2.82. The fourth-order valence-corrected chi connectivity index (χ4v) is 4.78. The van der Waals surface area contributed by atoms with Gasteiger partial charge in [0.15, 0.2) is 17.5 Å². The van der Waals surface area contributed by atoms with Gasteiger partial charge in [0.1, 0.15) is 5.69 Å². The second-order valence-electron chi connectivity index (χ2n) is 9.37. The Balaban J connectivity index is 1.35. The molecule has 1 aromatic carbocycles. The third-order valence-electron chi connectivity index (χ3n) is 6.71. The van der Waals surface area contributed by atoms with Crippen LogP contribution in [0.4, 0.5) is 29.1 Å². The van der Waals surface area contributed by atoms with Gasteiger partial charge in [0, 0.05) is 41.5 Å². The van der Waals surface area contributed by atoms with Crippen molar-refractivity contribution in [2.45, 2.75) is 39.2 Å². The van der Waals surface area contributed by atoms with E-state index in [1.54, 1.807) is 13.8 Å². The molecule has 212 valence electrons. The minimum absolute atomic E-state index is 0.00367. The molecule has 1 N–H and O–H groups in total. The number of aromatic nitrogens is 5. The standard InChI is InChI=1S/C27H22ClF4N7O2/c1-13-17(8-19(29)26(35-13)38-7-3-4-22(38)40)14(2)39-12-15(9-34-39)36-27(41)21-11-33-10-20(37-21)23-16(25(31)32)5-6-18(28)24(23)30/h5-6,8-12,14,25H,3-4,7H2,1-2H3,(H,36,41). The normalized spacial score (nSPS) is 14.1. The first-order chi connectivity index (χ1) is 19.5. The van der Waals surface area contributed by atoms with Gasteiger partial charge in [0.25, 0.3) is 12.3 Å². The van der Waals surface area contributed by atoms with Crippen LogP contribution in [-0.4, -0.2) is 43.1 Å². The first kappa shape index (κ1) is 28.1. The van der Waals surface area contributed by atoms with E-state index in [2.05, 4.69) is 25.4 Å². The average molecular weight is 588 g/mol. The number of halogens is 5. The Morgan fingerprint density at radius 1 is 1.12 bits per heavy atom. The summed E-state index contributed by atoms with van der Waals surface area (Å²) in [5, 5.41) is 6.44. The topological polar surface area (TPSA) is 106 Å². The molecule has 14 heteroatoms. The molecular weight excluding hydrogens is 566 g/mol. The molecule has 1 aliphatic rings. The van der Waals surface area contributed by atoms with Crippen LogP contribution in [0.1, 0.15) is 59.5 Å². The molecule has 2 amide bonds. The predicted octanol–water partition coefficient (Wildman–Crippen LogP) is 5.90. The van der Waals surface area contributed by atoms with Crippen molar-refractivity contribution in [2.24, 2.45) is 0 Å². The number of anilines is 2. The van der Waals surface area contributed by atoms with Gasteiger partial charge in [-0.05, 0) is 32.4 Å². The van der Waals surface area contributed by atoms with Crippen molar-refractivity contribution in [2.75, 3.05) is 16.8 Å². The van der Waals surface area contributed by atoms with Gasteiger partial charge >= 0.3 is 0 Å². The van der Waals surface area contributed by atoms with E-state index >= 15 is 0 Å². The van der Waals surface area contributed by atoms with Gasteiger partial charge in [-0.2, -0.15) is 5.10 Å². The van der Waals surface area contributed by atoms with Crippen LogP contribution < -0.4 is 10.2 Å². The van der Waals surface area contributed by atoms with E-state index in [1.807, 2.05) is 0 Å². The number of benzene rings is 1. The van der Waals surface area contributed by atoms with Crippen LogP contribution in [0.15, 0.2) is 43.0 Å². The number of hydrogen-bond acceptors (Lipinski definition) is 6. The van der Waals surface area contributed by atoms with Crippen LogP contribution in [0.5, 0.6) is 0 Å². The van der Waals surface area contributed by atoms with Crippen molar-refractivity contribution >= 4 is 34.9 Å². The summed E-state index contributed by atoms with van der Waals surface area (Å²) in [6.07, 6.45) is 2.98. The number of alkyl halides is 2. The molecule has 3 aromatic heterocycles. The largest absolute Gasteiger partial charge is 0.318 e. The molecule has 0 saturated carbocycles. The molecule has 5 rings (SSSR count). The quantitative estimate of drug-likeness (QED) is 0.270. The van der Waals surface area contributed by atoms with E-state index in [-0.39, 0.29) is 33.8 Å². The first-order valence-corrected chi connectivity index (χ1v) is 12.8. The molecule has 0 bridgehead atoms. The van der Waals surface area contributed by atoms with E-state index in [0.29, 0.717) is 30.6 Å². The lowest BCUT2D eigenvalue weighted by Crippen LogP contribution is -2.26. The van der Waals surface area contributed by atoms with Crippen molar-refractivity contribution in [3.63, 3.8) is 0 Å². The molecule has 1 aliphatic heterocycles. The third kappa shape index (κ3) is 5.49. The Kier molecular flexibility index (Phi) is 7.72. The van der Waals surface area contributed by atoms with E-state index in [0.717, 1.165) is 24.5 Å². The molecule has 4 heterocycles. The minimum Gasteiger partial charge on any atom is -0.318 e.